The predicted octanol–water partition coefficient (Wildman–Crippen LogP) is 3.89. The number of Topliss-reactive ketones (excluding diaryl/α,β-unsaturated/α-hetero) is 1. The normalized spacial score (nSPS) is 11.9. The minimum absolute atomic E-state index is 0.0635. The van der Waals surface area contributed by atoms with Crippen molar-refractivity contribution >= 4 is 11.7 Å². The number of hydrogen-bond acceptors (Lipinski definition) is 8. The van der Waals surface area contributed by atoms with Gasteiger partial charge in [0.1, 0.15) is 18.1 Å². The molecule has 178 valence electrons. The third-order valence-electron chi connectivity index (χ3n) is 5.03. The van der Waals surface area contributed by atoms with E-state index in [1.54, 1.807) is 19.0 Å². The van der Waals surface area contributed by atoms with Crippen LogP contribution in [-0.2, 0) is 4.79 Å². The van der Waals surface area contributed by atoms with Crippen molar-refractivity contribution < 1.29 is 22.8 Å². The van der Waals surface area contributed by atoms with E-state index in [0.29, 0.717) is 37.7 Å². The van der Waals surface area contributed by atoms with Crippen molar-refractivity contribution in [1.29, 1.82) is 5.26 Å². The fraction of sp³-hybridized carbons (Fsp3) is 0.375. The lowest BCUT2D eigenvalue weighted by Crippen LogP contribution is -2.36. The first-order chi connectivity index (χ1) is 16.4. The predicted molar refractivity (Wildman–Crippen MR) is 120 cm³/mol. The van der Waals surface area contributed by atoms with Gasteiger partial charge in [0.2, 0.25) is 17.6 Å². The molecule has 0 fully saturated rings. The quantitative estimate of drug-likeness (QED) is 0.314. The molecule has 1 atom stereocenters. The van der Waals surface area contributed by atoms with Gasteiger partial charge in [0.15, 0.2) is 11.5 Å². The number of ketones is 1. The molecule has 2 heterocycles. The van der Waals surface area contributed by atoms with Gasteiger partial charge in [-0.15, -0.1) is 0 Å². The Labute approximate surface area is 196 Å². The summed E-state index contributed by atoms with van der Waals surface area (Å²) in [6, 6.07) is 7.02. The second-order valence-electron chi connectivity index (χ2n) is 8.07. The van der Waals surface area contributed by atoms with Crippen LogP contribution in [0.25, 0.3) is 11.5 Å². The molecule has 0 aliphatic rings. The first-order valence-electron chi connectivity index (χ1n) is 10.9. The van der Waals surface area contributed by atoms with Crippen molar-refractivity contribution in [3.8, 4) is 17.5 Å². The summed E-state index contributed by atoms with van der Waals surface area (Å²) in [6.45, 7) is 0.169. The van der Waals surface area contributed by atoms with Crippen molar-refractivity contribution in [3.63, 3.8) is 0 Å². The molecule has 0 unspecified atom stereocenters. The van der Waals surface area contributed by atoms with Crippen molar-refractivity contribution in [3.05, 3.63) is 59.9 Å². The number of nitrogens with zero attached hydrogens (tertiary/aromatic N) is 4. The molecule has 1 aromatic carbocycles. The Morgan fingerprint density at radius 3 is 2.62 bits per heavy atom. The highest BCUT2D eigenvalue weighted by molar-refractivity contribution is 5.91. The van der Waals surface area contributed by atoms with E-state index in [9.17, 15) is 19.2 Å². The molecule has 0 radical (unpaired) electrons. The zero-order valence-electron chi connectivity index (χ0n) is 19.1. The standard InChI is InChI=1S/C24H26FN5O4/c1-30(2)15-21(32)28-18(6-4-3-5-7-20(31)24-27-12-13-33-24)22-19(14-26)29-23(34-22)16-8-10-17(25)11-9-16/h8-13,18H,3-7,15H2,1-2H3,(H,28,32)/t18-/m0/s1. The molecular weight excluding hydrogens is 441 g/mol. The van der Waals surface area contributed by atoms with Crippen LogP contribution in [-0.4, -0.2) is 47.2 Å². The molecule has 9 nitrogen and oxygen atoms in total. The van der Waals surface area contributed by atoms with Crippen LogP contribution >= 0.6 is 0 Å². The van der Waals surface area contributed by atoms with Gasteiger partial charge in [0, 0.05) is 12.0 Å². The number of carbonyl (C=O) groups excluding carboxylic acids is 2. The number of nitrogens with one attached hydrogen (secondary N) is 1. The monoisotopic (exact) mass is 467 g/mol. The van der Waals surface area contributed by atoms with Crippen LogP contribution in [0.2, 0.25) is 0 Å². The topological polar surface area (TPSA) is 125 Å². The number of hydrogen-bond donors (Lipinski definition) is 1. The summed E-state index contributed by atoms with van der Waals surface area (Å²) in [7, 11) is 3.56. The van der Waals surface area contributed by atoms with Crippen molar-refractivity contribution in [2.24, 2.45) is 0 Å². The van der Waals surface area contributed by atoms with Crippen LogP contribution in [0.3, 0.4) is 0 Å². The van der Waals surface area contributed by atoms with Gasteiger partial charge in [-0.3, -0.25) is 9.59 Å². The van der Waals surface area contributed by atoms with Gasteiger partial charge in [0.25, 0.3) is 5.89 Å². The lowest BCUT2D eigenvalue weighted by atomic mass is 10.0. The second-order valence-corrected chi connectivity index (χ2v) is 8.07. The molecule has 0 saturated carbocycles. The molecule has 1 amide bonds. The SMILES string of the molecule is CN(C)CC(=O)N[C@@H](CCCCCC(=O)c1ncco1)c1oc(-c2ccc(F)cc2)nc1C#N. The third-order valence-corrected chi connectivity index (χ3v) is 5.03. The second kappa shape index (κ2) is 11.9. The molecule has 0 bridgehead atoms. The van der Waals surface area contributed by atoms with Gasteiger partial charge in [-0.1, -0.05) is 12.8 Å². The molecule has 0 aliphatic carbocycles. The first kappa shape index (κ1) is 24.8. The molecule has 10 heteroatoms. The van der Waals surface area contributed by atoms with E-state index in [-0.39, 0.29) is 41.5 Å². The number of amides is 1. The number of oxazole rings is 2. The van der Waals surface area contributed by atoms with Crippen LogP contribution in [0, 0.1) is 17.1 Å². The number of rotatable bonds is 12. The number of benzene rings is 1. The molecule has 3 aromatic rings. The van der Waals surface area contributed by atoms with Crippen molar-refractivity contribution in [2.45, 2.75) is 38.1 Å². The maximum Gasteiger partial charge on any atom is 0.263 e. The summed E-state index contributed by atoms with van der Waals surface area (Å²) in [5.74, 6) is -0.252. The Morgan fingerprint density at radius 2 is 1.97 bits per heavy atom. The van der Waals surface area contributed by atoms with Crippen LogP contribution < -0.4 is 5.32 Å². The van der Waals surface area contributed by atoms with Gasteiger partial charge >= 0.3 is 0 Å². The summed E-state index contributed by atoms with van der Waals surface area (Å²) < 4.78 is 24.2. The molecule has 0 aliphatic heterocycles. The highest BCUT2D eigenvalue weighted by atomic mass is 19.1. The maximum atomic E-state index is 13.3. The average Bonchev–Trinajstić information content (AvgIpc) is 3.48. The molecule has 3 rings (SSSR count). The van der Waals surface area contributed by atoms with Crippen LogP contribution in [0.15, 0.2) is 45.6 Å². The summed E-state index contributed by atoms with van der Waals surface area (Å²) in [6.07, 6.45) is 5.59. The number of unbranched alkanes of at least 4 members (excludes halogenated alkanes) is 2. The fourth-order valence-electron chi connectivity index (χ4n) is 3.44. The van der Waals surface area contributed by atoms with Crippen molar-refractivity contribution in [2.75, 3.05) is 20.6 Å². The molecule has 1 N–H and O–H groups in total. The Kier molecular flexibility index (Phi) is 8.65. The van der Waals surface area contributed by atoms with E-state index >= 15 is 0 Å². The largest absolute Gasteiger partial charge is 0.442 e. The van der Waals surface area contributed by atoms with Gasteiger partial charge < -0.3 is 19.1 Å². The molecule has 34 heavy (non-hydrogen) atoms. The Balaban J connectivity index is 1.69. The lowest BCUT2D eigenvalue weighted by Gasteiger charge is -2.18. The first-order valence-corrected chi connectivity index (χ1v) is 10.9. The van der Waals surface area contributed by atoms with Gasteiger partial charge in [0.05, 0.1) is 18.8 Å². The van der Waals surface area contributed by atoms with Crippen LogP contribution in [0.5, 0.6) is 0 Å². The van der Waals surface area contributed by atoms with E-state index in [4.69, 9.17) is 8.83 Å². The summed E-state index contributed by atoms with van der Waals surface area (Å²) in [5.41, 5.74) is 0.584. The smallest absolute Gasteiger partial charge is 0.263 e. The Morgan fingerprint density at radius 1 is 1.21 bits per heavy atom. The minimum Gasteiger partial charge on any atom is -0.442 e. The van der Waals surface area contributed by atoms with E-state index in [2.05, 4.69) is 15.3 Å². The molecular formula is C24H26FN5O4. The van der Waals surface area contributed by atoms with Gasteiger partial charge in [-0.25, -0.2) is 9.37 Å². The summed E-state index contributed by atoms with van der Waals surface area (Å²) >= 11 is 0. The number of aromatic nitrogens is 2. The highest BCUT2D eigenvalue weighted by Crippen LogP contribution is 2.29. The van der Waals surface area contributed by atoms with Crippen molar-refractivity contribution in [1.82, 2.24) is 20.2 Å². The lowest BCUT2D eigenvalue weighted by molar-refractivity contribution is -0.122. The zero-order chi connectivity index (χ0) is 24.5. The van der Waals surface area contributed by atoms with Crippen LogP contribution in [0.1, 0.15) is 60.3 Å². The Bertz CT molecular complexity index is 1130. The Hall–Kier alpha value is -3.84. The maximum absolute atomic E-state index is 13.3. The third kappa shape index (κ3) is 6.83. The van der Waals surface area contributed by atoms with E-state index in [1.165, 1.54) is 36.7 Å². The average molecular weight is 468 g/mol. The summed E-state index contributed by atoms with van der Waals surface area (Å²) in [5, 5.41) is 12.5. The van der Waals surface area contributed by atoms with E-state index < -0.39 is 11.9 Å². The molecule has 2 aromatic heterocycles. The highest BCUT2D eigenvalue weighted by Gasteiger charge is 2.25. The van der Waals surface area contributed by atoms with E-state index in [1.807, 2.05) is 6.07 Å². The van der Waals surface area contributed by atoms with Gasteiger partial charge in [-0.05, 0) is 51.2 Å². The molecule has 0 saturated heterocycles. The van der Waals surface area contributed by atoms with Crippen LogP contribution in [0.4, 0.5) is 4.39 Å². The minimum atomic E-state index is -0.578. The van der Waals surface area contributed by atoms with E-state index in [0.717, 1.165) is 0 Å². The number of halogens is 1. The fourth-order valence-corrected chi connectivity index (χ4v) is 3.44. The molecule has 0 spiro atoms. The number of carbonyl (C=O) groups is 2. The van der Waals surface area contributed by atoms with Gasteiger partial charge in [-0.2, -0.15) is 10.2 Å². The zero-order valence-corrected chi connectivity index (χ0v) is 19.1. The number of nitriles is 1. The number of likely N-dealkylation sites (N-methyl/N-ethyl adjacent to an activating group) is 1. The summed E-state index contributed by atoms with van der Waals surface area (Å²) in [4.78, 5) is 34.3.